The number of aliphatic hydroxyl groups is 1. The number of rotatable bonds is 8. The van der Waals surface area contributed by atoms with Crippen molar-refractivity contribution in [2.75, 3.05) is 20.1 Å². The molecule has 2 heterocycles. The lowest BCUT2D eigenvalue weighted by Gasteiger charge is -2.44. The zero-order valence-corrected chi connectivity index (χ0v) is 19.1. The number of hydrogen-bond acceptors (Lipinski definition) is 4. The van der Waals surface area contributed by atoms with Gasteiger partial charge in [-0.05, 0) is 40.8 Å². The summed E-state index contributed by atoms with van der Waals surface area (Å²) in [6.07, 6.45) is 5.03. The van der Waals surface area contributed by atoms with Gasteiger partial charge in [-0.15, -0.1) is 0 Å². The van der Waals surface area contributed by atoms with Gasteiger partial charge < -0.3 is 14.3 Å². The second kappa shape index (κ2) is 8.73. The van der Waals surface area contributed by atoms with Gasteiger partial charge in [-0.2, -0.15) is 0 Å². The van der Waals surface area contributed by atoms with Crippen LogP contribution in [0.15, 0.2) is 72.9 Å². The summed E-state index contributed by atoms with van der Waals surface area (Å²) in [7, 11) is 2.24. The smallest absolute Gasteiger partial charge is 0.293 e. The van der Waals surface area contributed by atoms with E-state index < -0.39 is 11.7 Å². The molecule has 5 nitrogen and oxygen atoms in total. The standard InChI is InChI=1S/C28H31N2O3/c1-30(18-8-11-21-10-6-7-17-29-21)19-9-16-26(30)27(33-20-31)28(32)24-14-4-2-12-22(24)23-13-3-5-15-25(23)28/h2-7,10,12-15,17,20,26-27,32H,8-9,11,16,18-19H2,1H3/q+1. The summed E-state index contributed by atoms with van der Waals surface area (Å²) in [6.45, 7) is 2.47. The Labute approximate surface area is 195 Å². The molecular weight excluding hydrogens is 412 g/mol. The van der Waals surface area contributed by atoms with E-state index in [4.69, 9.17) is 4.74 Å². The molecule has 1 aliphatic carbocycles. The Kier molecular flexibility index (Phi) is 5.77. The minimum Gasteiger partial charge on any atom is -0.454 e. The van der Waals surface area contributed by atoms with Gasteiger partial charge >= 0.3 is 0 Å². The van der Waals surface area contributed by atoms with Crippen molar-refractivity contribution in [1.29, 1.82) is 0 Å². The molecule has 0 radical (unpaired) electrons. The molecule has 0 saturated carbocycles. The molecule has 0 bridgehead atoms. The number of carbonyl (C=O) groups excluding carboxylic acids is 1. The van der Waals surface area contributed by atoms with Crippen molar-refractivity contribution in [3.63, 3.8) is 0 Å². The minimum absolute atomic E-state index is 0.00291. The fourth-order valence-corrected chi connectivity index (χ4v) is 6.14. The summed E-state index contributed by atoms with van der Waals surface area (Å²) in [4.78, 5) is 16.2. The van der Waals surface area contributed by atoms with Crippen LogP contribution in [0.2, 0.25) is 0 Å². The number of pyridine rings is 1. The maximum absolute atomic E-state index is 12.4. The predicted molar refractivity (Wildman–Crippen MR) is 127 cm³/mol. The number of hydrogen-bond donors (Lipinski definition) is 1. The molecule has 1 saturated heterocycles. The zero-order valence-electron chi connectivity index (χ0n) is 19.1. The first-order chi connectivity index (χ1) is 16.1. The van der Waals surface area contributed by atoms with Crippen LogP contribution < -0.4 is 0 Å². The summed E-state index contributed by atoms with van der Waals surface area (Å²) < 4.78 is 6.60. The van der Waals surface area contributed by atoms with Gasteiger partial charge in [0.15, 0.2) is 11.7 Å². The van der Waals surface area contributed by atoms with Crippen molar-refractivity contribution in [1.82, 2.24) is 4.98 Å². The normalized spacial score (nSPS) is 23.5. The molecule has 5 rings (SSSR count). The number of aromatic nitrogens is 1. The number of nitrogens with zero attached hydrogens (tertiary/aromatic N) is 2. The van der Waals surface area contributed by atoms with Crippen LogP contribution in [0.5, 0.6) is 0 Å². The molecule has 1 N–H and O–H groups in total. The van der Waals surface area contributed by atoms with E-state index in [2.05, 4.69) is 18.1 Å². The second-order valence-corrected chi connectivity index (χ2v) is 9.57. The highest BCUT2D eigenvalue weighted by Gasteiger charge is 2.57. The van der Waals surface area contributed by atoms with Crippen LogP contribution >= 0.6 is 0 Å². The topological polar surface area (TPSA) is 59.4 Å². The van der Waals surface area contributed by atoms with E-state index in [0.29, 0.717) is 6.47 Å². The van der Waals surface area contributed by atoms with Crippen LogP contribution in [-0.2, 0) is 21.6 Å². The van der Waals surface area contributed by atoms with Gasteiger partial charge in [0, 0.05) is 31.2 Å². The Morgan fingerprint density at radius 2 is 1.76 bits per heavy atom. The highest BCUT2D eigenvalue weighted by atomic mass is 16.5. The van der Waals surface area contributed by atoms with Crippen molar-refractivity contribution in [3.05, 3.63) is 89.7 Å². The molecule has 0 amide bonds. The first kappa shape index (κ1) is 21.8. The third-order valence-electron chi connectivity index (χ3n) is 7.73. The molecule has 1 fully saturated rings. The van der Waals surface area contributed by atoms with E-state index in [0.717, 1.165) is 71.2 Å². The zero-order chi connectivity index (χ0) is 22.9. The number of aryl methyl sites for hydroxylation is 1. The molecule has 1 aromatic heterocycles. The number of quaternary nitrogens is 1. The molecule has 33 heavy (non-hydrogen) atoms. The minimum atomic E-state index is -1.37. The first-order valence-corrected chi connectivity index (χ1v) is 11.8. The van der Waals surface area contributed by atoms with Crippen LogP contribution in [-0.4, -0.2) is 53.3 Å². The molecular formula is C28H31N2O3+. The summed E-state index contributed by atoms with van der Waals surface area (Å²) in [5, 5.41) is 12.4. The lowest BCUT2D eigenvalue weighted by molar-refractivity contribution is -0.925. The van der Waals surface area contributed by atoms with E-state index in [9.17, 15) is 9.90 Å². The molecule has 3 unspecified atom stereocenters. The SMILES string of the molecule is C[N+]1(CCCc2ccccn2)CCCC1C(OC=O)C1(O)c2ccccc2-c2ccccc21. The first-order valence-electron chi connectivity index (χ1n) is 11.8. The lowest BCUT2D eigenvalue weighted by atomic mass is 9.81. The number of likely N-dealkylation sites (N-methyl/N-ethyl adjacent to an activating group) is 1. The molecule has 2 aromatic carbocycles. The number of ether oxygens (including phenoxy) is 1. The van der Waals surface area contributed by atoms with E-state index in [1.54, 1.807) is 0 Å². The van der Waals surface area contributed by atoms with Crippen LogP contribution in [0, 0.1) is 0 Å². The maximum atomic E-state index is 12.4. The lowest BCUT2D eigenvalue weighted by Crippen LogP contribution is -2.60. The van der Waals surface area contributed by atoms with E-state index in [1.165, 1.54) is 0 Å². The predicted octanol–water partition coefficient (Wildman–Crippen LogP) is 4.08. The molecule has 3 aromatic rings. The molecule has 170 valence electrons. The monoisotopic (exact) mass is 443 g/mol. The van der Waals surface area contributed by atoms with Gasteiger partial charge in [0.05, 0.1) is 20.1 Å². The summed E-state index contributed by atoms with van der Waals surface area (Å²) in [6, 6.07) is 21.9. The van der Waals surface area contributed by atoms with Gasteiger partial charge in [0.2, 0.25) is 0 Å². The van der Waals surface area contributed by atoms with Crippen molar-refractivity contribution < 1.29 is 19.1 Å². The summed E-state index contributed by atoms with van der Waals surface area (Å²) in [5.41, 5.74) is 3.39. The largest absolute Gasteiger partial charge is 0.454 e. The molecule has 5 heteroatoms. The van der Waals surface area contributed by atoms with Gasteiger partial charge in [0.25, 0.3) is 6.47 Å². The molecule has 2 aliphatic rings. The highest BCUT2D eigenvalue weighted by Crippen LogP contribution is 2.52. The number of fused-ring (bicyclic) bond motifs is 3. The molecule has 1 aliphatic heterocycles. The molecule has 0 spiro atoms. The fraction of sp³-hybridized carbons (Fsp3) is 0.357. The number of carbonyl (C=O) groups is 1. The Morgan fingerprint density at radius 3 is 2.39 bits per heavy atom. The van der Waals surface area contributed by atoms with Crippen molar-refractivity contribution in [2.24, 2.45) is 0 Å². The Morgan fingerprint density at radius 1 is 1.09 bits per heavy atom. The van der Waals surface area contributed by atoms with Crippen molar-refractivity contribution >= 4 is 6.47 Å². The van der Waals surface area contributed by atoms with E-state index in [1.807, 2.05) is 66.9 Å². The Bertz CT molecular complexity index is 1090. The van der Waals surface area contributed by atoms with E-state index in [-0.39, 0.29) is 6.04 Å². The average molecular weight is 444 g/mol. The number of benzene rings is 2. The van der Waals surface area contributed by atoms with Crippen molar-refractivity contribution in [3.8, 4) is 11.1 Å². The Balaban J connectivity index is 1.48. The fourth-order valence-electron chi connectivity index (χ4n) is 6.14. The summed E-state index contributed by atoms with van der Waals surface area (Å²) >= 11 is 0. The van der Waals surface area contributed by atoms with E-state index >= 15 is 0 Å². The average Bonchev–Trinajstić information content (AvgIpc) is 3.35. The quantitative estimate of drug-likeness (QED) is 0.421. The second-order valence-electron chi connectivity index (χ2n) is 9.57. The third-order valence-corrected chi connectivity index (χ3v) is 7.73. The van der Waals surface area contributed by atoms with Crippen LogP contribution in [0.4, 0.5) is 0 Å². The maximum Gasteiger partial charge on any atom is 0.293 e. The summed E-state index contributed by atoms with van der Waals surface area (Å²) in [5.74, 6) is 0. The third kappa shape index (κ3) is 3.65. The van der Waals surface area contributed by atoms with Gasteiger partial charge in [-0.25, -0.2) is 0 Å². The van der Waals surface area contributed by atoms with Crippen molar-refractivity contribution in [2.45, 2.75) is 43.4 Å². The van der Waals surface area contributed by atoms with Gasteiger partial charge in [-0.3, -0.25) is 9.78 Å². The van der Waals surface area contributed by atoms with Crippen LogP contribution in [0.3, 0.4) is 0 Å². The van der Waals surface area contributed by atoms with Crippen LogP contribution in [0.1, 0.15) is 36.1 Å². The molecule has 3 atom stereocenters. The van der Waals surface area contributed by atoms with Gasteiger partial charge in [-0.1, -0.05) is 54.6 Å². The highest BCUT2D eigenvalue weighted by molar-refractivity contribution is 5.80. The number of likely N-dealkylation sites (tertiary alicyclic amines) is 1. The van der Waals surface area contributed by atoms with Gasteiger partial charge in [0.1, 0.15) is 6.04 Å². The van der Waals surface area contributed by atoms with Crippen LogP contribution in [0.25, 0.3) is 11.1 Å². The Hall–Kier alpha value is -3.02.